The monoisotopic (exact) mass is 375 g/mol. The number of benzene rings is 1. The Hall–Kier alpha value is -3.10. The number of nitrogens with zero attached hydrogens (tertiary/aromatic N) is 1. The number of rotatable bonds is 10. The van der Waals surface area contributed by atoms with Crippen LogP contribution < -0.4 is 27.1 Å². The molecular weight excluding hydrogens is 350 g/mol. The van der Waals surface area contributed by atoms with Crippen LogP contribution in [0.5, 0.6) is 0 Å². The van der Waals surface area contributed by atoms with E-state index in [1.165, 1.54) is 0 Å². The first-order valence-electron chi connectivity index (χ1n) is 8.97. The van der Waals surface area contributed by atoms with Crippen molar-refractivity contribution in [1.29, 1.82) is 0 Å². The van der Waals surface area contributed by atoms with Crippen LogP contribution in [0.4, 0.5) is 5.69 Å². The summed E-state index contributed by atoms with van der Waals surface area (Å²) in [5, 5.41) is 8.12. The number of anilines is 1. The molecule has 0 aliphatic carbocycles. The minimum absolute atomic E-state index is 0.0549. The summed E-state index contributed by atoms with van der Waals surface area (Å²) in [5.41, 5.74) is 5.22. The lowest BCUT2D eigenvalue weighted by Crippen LogP contribution is -2.28. The minimum atomic E-state index is -0.486. The quantitative estimate of drug-likeness (QED) is 0.439. The van der Waals surface area contributed by atoms with Crippen LogP contribution in [-0.4, -0.2) is 41.6 Å². The number of aromatic amines is 2. The molecule has 2 aromatic rings. The molecule has 0 bridgehead atoms. The lowest BCUT2D eigenvalue weighted by molar-refractivity contribution is -0.125. The molecule has 0 saturated carbocycles. The first-order valence-corrected chi connectivity index (χ1v) is 8.97. The number of nitrogens with one attached hydrogen (secondary N) is 3. The van der Waals surface area contributed by atoms with Crippen LogP contribution in [0.25, 0.3) is 10.8 Å². The van der Waals surface area contributed by atoms with Crippen molar-refractivity contribution in [3.05, 3.63) is 38.9 Å². The molecule has 0 unspecified atom stereocenters. The van der Waals surface area contributed by atoms with Crippen molar-refractivity contribution in [3.63, 3.8) is 0 Å². The average molecular weight is 375 g/mol. The highest BCUT2D eigenvalue weighted by Crippen LogP contribution is 2.18. The third-order valence-electron chi connectivity index (χ3n) is 4.30. The van der Waals surface area contributed by atoms with E-state index in [2.05, 4.69) is 20.4 Å². The molecule has 1 aromatic heterocycles. The van der Waals surface area contributed by atoms with Gasteiger partial charge in [0.05, 0.1) is 10.8 Å². The Morgan fingerprint density at radius 3 is 2.44 bits per heavy atom. The van der Waals surface area contributed by atoms with E-state index in [0.717, 1.165) is 31.6 Å². The second-order valence-corrected chi connectivity index (χ2v) is 6.24. The van der Waals surface area contributed by atoms with Gasteiger partial charge in [-0.2, -0.15) is 0 Å². The van der Waals surface area contributed by atoms with Gasteiger partial charge in [-0.15, -0.1) is 0 Å². The molecule has 27 heavy (non-hydrogen) atoms. The summed E-state index contributed by atoms with van der Waals surface area (Å²) in [4.78, 5) is 48.0. The van der Waals surface area contributed by atoms with Crippen molar-refractivity contribution in [3.8, 4) is 0 Å². The van der Waals surface area contributed by atoms with Crippen LogP contribution >= 0.6 is 0 Å². The Labute approximate surface area is 155 Å². The summed E-state index contributed by atoms with van der Waals surface area (Å²) >= 11 is 0. The SMILES string of the molecule is CCN(CCCCNC(=O)CCC(N)=O)c1ccc2c(=O)[nH][nH]c(=O)c2c1. The van der Waals surface area contributed by atoms with Gasteiger partial charge < -0.3 is 16.0 Å². The van der Waals surface area contributed by atoms with E-state index in [1.807, 2.05) is 13.0 Å². The van der Waals surface area contributed by atoms with E-state index in [9.17, 15) is 19.2 Å². The van der Waals surface area contributed by atoms with Gasteiger partial charge in [-0.25, -0.2) is 0 Å². The second-order valence-electron chi connectivity index (χ2n) is 6.24. The third kappa shape index (κ3) is 5.70. The van der Waals surface area contributed by atoms with E-state index in [1.54, 1.807) is 12.1 Å². The normalized spacial score (nSPS) is 10.7. The van der Waals surface area contributed by atoms with Gasteiger partial charge in [0.15, 0.2) is 0 Å². The molecule has 1 aromatic carbocycles. The molecule has 0 saturated heterocycles. The molecule has 0 aliphatic heterocycles. The molecule has 0 aliphatic rings. The average Bonchev–Trinajstić information content (AvgIpc) is 2.65. The lowest BCUT2D eigenvalue weighted by atomic mass is 10.1. The number of aromatic nitrogens is 2. The van der Waals surface area contributed by atoms with Gasteiger partial charge in [0.1, 0.15) is 0 Å². The maximum absolute atomic E-state index is 11.9. The standard InChI is InChI=1S/C18H25N5O4/c1-2-23(10-4-3-9-20-16(25)8-7-15(19)24)12-5-6-13-14(11-12)18(27)22-21-17(13)26/h5-6,11H,2-4,7-10H2,1H3,(H2,19,24)(H,20,25)(H,21,26)(H,22,27). The summed E-state index contributed by atoms with van der Waals surface area (Å²) in [5.74, 6) is -0.667. The first kappa shape index (κ1) is 20.2. The Morgan fingerprint density at radius 1 is 1.07 bits per heavy atom. The van der Waals surface area contributed by atoms with Crippen LogP contribution in [-0.2, 0) is 9.59 Å². The Bertz CT molecular complexity index is 918. The fraction of sp³-hybridized carbons (Fsp3) is 0.444. The number of H-pyrrole nitrogens is 2. The second kappa shape index (κ2) is 9.56. The van der Waals surface area contributed by atoms with Crippen molar-refractivity contribution in [1.82, 2.24) is 15.5 Å². The highest BCUT2D eigenvalue weighted by atomic mass is 16.2. The number of unbranched alkanes of at least 4 members (excludes halogenated alkanes) is 1. The van der Waals surface area contributed by atoms with Crippen molar-refractivity contribution in [2.24, 2.45) is 5.73 Å². The molecule has 0 atom stereocenters. The lowest BCUT2D eigenvalue weighted by Gasteiger charge is -2.23. The third-order valence-corrected chi connectivity index (χ3v) is 4.30. The van der Waals surface area contributed by atoms with Crippen LogP contribution in [0.3, 0.4) is 0 Å². The molecule has 9 heteroatoms. The van der Waals surface area contributed by atoms with E-state index < -0.39 is 5.91 Å². The van der Waals surface area contributed by atoms with E-state index in [0.29, 0.717) is 17.3 Å². The van der Waals surface area contributed by atoms with Gasteiger partial charge in [0.25, 0.3) is 11.1 Å². The molecular formula is C18H25N5O4. The maximum atomic E-state index is 11.9. The van der Waals surface area contributed by atoms with Gasteiger partial charge in [0, 0.05) is 38.2 Å². The van der Waals surface area contributed by atoms with Gasteiger partial charge in [-0.1, -0.05) is 0 Å². The smallest absolute Gasteiger partial charge is 0.270 e. The Balaban J connectivity index is 1.88. The molecule has 146 valence electrons. The van der Waals surface area contributed by atoms with Crippen LogP contribution in [0.1, 0.15) is 32.6 Å². The van der Waals surface area contributed by atoms with Crippen molar-refractivity contribution in [2.75, 3.05) is 24.5 Å². The number of nitrogens with two attached hydrogens (primary N) is 1. The van der Waals surface area contributed by atoms with Crippen molar-refractivity contribution in [2.45, 2.75) is 32.6 Å². The van der Waals surface area contributed by atoms with Gasteiger partial charge in [0.2, 0.25) is 11.8 Å². The summed E-state index contributed by atoms with van der Waals surface area (Å²) in [7, 11) is 0. The zero-order valence-corrected chi connectivity index (χ0v) is 15.3. The predicted octanol–water partition coefficient (Wildman–Crippen LogP) is 0.205. The molecule has 0 radical (unpaired) electrons. The number of hydrogen-bond donors (Lipinski definition) is 4. The summed E-state index contributed by atoms with van der Waals surface area (Å²) in [6.45, 7) is 4.04. The number of hydrogen-bond acceptors (Lipinski definition) is 5. The summed E-state index contributed by atoms with van der Waals surface area (Å²) in [6.07, 6.45) is 1.79. The van der Waals surface area contributed by atoms with Crippen molar-refractivity contribution < 1.29 is 9.59 Å². The maximum Gasteiger partial charge on any atom is 0.270 e. The number of fused-ring (bicyclic) bond motifs is 1. The highest BCUT2D eigenvalue weighted by Gasteiger charge is 2.09. The summed E-state index contributed by atoms with van der Waals surface area (Å²) < 4.78 is 0. The zero-order chi connectivity index (χ0) is 19.8. The van der Waals surface area contributed by atoms with Crippen LogP contribution in [0.2, 0.25) is 0 Å². The number of carbonyl (C=O) groups excluding carboxylic acids is 2. The van der Waals surface area contributed by atoms with Gasteiger partial charge >= 0.3 is 0 Å². The molecule has 0 fully saturated rings. The Morgan fingerprint density at radius 2 is 1.78 bits per heavy atom. The number of carbonyl (C=O) groups is 2. The largest absolute Gasteiger partial charge is 0.372 e. The van der Waals surface area contributed by atoms with Crippen molar-refractivity contribution >= 4 is 28.3 Å². The molecule has 2 amide bonds. The molecule has 0 spiro atoms. The highest BCUT2D eigenvalue weighted by molar-refractivity contribution is 5.84. The predicted molar refractivity (Wildman–Crippen MR) is 104 cm³/mol. The number of primary amides is 1. The topological polar surface area (TPSA) is 141 Å². The zero-order valence-electron chi connectivity index (χ0n) is 15.3. The van der Waals surface area contributed by atoms with E-state index in [-0.39, 0.29) is 29.9 Å². The molecule has 2 rings (SSSR count). The van der Waals surface area contributed by atoms with E-state index >= 15 is 0 Å². The fourth-order valence-corrected chi connectivity index (χ4v) is 2.81. The van der Waals surface area contributed by atoms with Crippen LogP contribution in [0.15, 0.2) is 27.8 Å². The Kier molecular flexibility index (Phi) is 7.16. The number of amides is 2. The molecule has 5 N–H and O–H groups in total. The molecule has 9 nitrogen and oxygen atoms in total. The first-order chi connectivity index (χ1) is 12.9. The fourth-order valence-electron chi connectivity index (χ4n) is 2.81. The van der Waals surface area contributed by atoms with Crippen LogP contribution in [0, 0.1) is 0 Å². The van der Waals surface area contributed by atoms with Gasteiger partial charge in [-0.05, 0) is 38.0 Å². The summed E-state index contributed by atoms with van der Waals surface area (Å²) in [6, 6.07) is 5.20. The molecule has 1 heterocycles. The van der Waals surface area contributed by atoms with Gasteiger partial charge in [-0.3, -0.25) is 29.4 Å². The van der Waals surface area contributed by atoms with E-state index in [4.69, 9.17) is 5.73 Å². The minimum Gasteiger partial charge on any atom is -0.372 e.